The zero-order chi connectivity index (χ0) is 11.9. The van der Waals surface area contributed by atoms with Gasteiger partial charge < -0.3 is 9.22 Å². The second-order valence-electron chi connectivity index (χ2n) is 4.55. The topological polar surface area (TPSA) is 26.3 Å². The predicted octanol–water partition coefficient (Wildman–Crippen LogP) is 3.62. The number of rotatable bonds is 8. The van der Waals surface area contributed by atoms with E-state index in [0.29, 0.717) is 12.3 Å². The summed E-state index contributed by atoms with van der Waals surface area (Å²) < 4.78 is 6.30. The summed E-state index contributed by atoms with van der Waals surface area (Å²) >= 11 is 0. The van der Waals surface area contributed by atoms with Crippen LogP contribution in [0.5, 0.6) is 0 Å². The van der Waals surface area contributed by atoms with Gasteiger partial charge in [0.15, 0.2) is 8.32 Å². The highest BCUT2D eigenvalue weighted by Crippen LogP contribution is 2.26. The average Bonchev–Trinajstić information content (AvgIpc) is 2.24. The molecule has 0 fully saturated rings. The fourth-order valence-corrected chi connectivity index (χ4v) is 4.88. The molecule has 0 aromatic carbocycles. The van der Waals surface area contributed by atoms with Crippen LogP contribution in [0.25, 0.3) is 0 Å². The fraction of sp³-hybridized carbons (Fsp3) is 0.917. The molecule has 0 aliphatic heterocycles. The molecule has 0 aromatic rings. The van der Waals surface area contributed by atoms with Crippen molar-refractivity contribution in [3.8, 4) is 0 Å². The third-order valence-electron chi connectivity index (χ3n) is 3.41. The molecular formula is C12H26O2Si. The summed E-state index contributed by atoms with van der Waals surface area (Å²) in [5.74, 6) is 0.437. The van der Waals surface area contributed by atoms with E-state index in [2.05, 4.69) is 34.6 Å². The van der Waals surface area contributed by atoms with Crippen LogP contribution < -0.4 is 0 Å². The van der Waals surface area contributed by atoms with Gasteiger partial charge in [0.2, 0.25) is 0 Å². The molecule has 0 bridgehead atoms. The second kappa shape index (κ2) is 7.18. The van der Waals surface area contributed by atoms with Gasteiger partial charge in [-0.1, -0.05) is 34.6 Å². The summed E-state index contributed by atoms with van der Waals surface area (Å²) in [6, 6.07) is 3.46. The molecule has 0 N–H and O–H groups in total. The molecule has 1 atom stereocenters. The van der Waals surface area contributed by atoms with E-state index in [0.717, 1.165) is 24.4 Å². The van der Waals surface area contributed by atoms with E-state index in [1.807, 2.05) is 0 Å². The molecule has 0 aliphatic carbocycles. The zero-order valence-electron chi connectivity index (χ0n) is 10.9. The quantitative estimate of drug-likeness (QED) is 0.470. The minimum absolute atomic E-state index is 0.133. The predicted molar refractivity (Wildman–Crippen MR) is 67.6 cm³/mol. The monoisotopic (exact) mass is 230 g/mol. The third kappa shape index (κ3) is 4.47. The van der Waals surface area contributed by atoms with Gasteiger partial charge in [0.25, 0.3) is 0 Å². The molecule has 0 unspecified atom stereocenters. The van der Waals surface area contributed by atoms with Gasteiger partial charge in [-0.15, -0.1) is 0 Å². The maximum absolute atomic E-state index is 10.6. The first-order valence-electron chi connectivity index (χ1n) is 6.16. The van der Waals surface area contributed by atoms with Gasteiger partial charge in [-0.25, -0.2) is 0 Å². The van der Waals surface area contributed by atoms with Gasteiger partial charge in [0, 0.05) is 6.42 Å². The van der Waals surface area contributed by atoms with Gasteiger partial charge >= 0.3 is 0 Å². The number of carbonyl (C=O) groups is 1. The Labute approximate surface area is 95.5 Å². The van der Waals surface area contributed by atoms with E-state index in [1.54, 1.807) is 0 Å². The van der Waals surface area contributed by atoms with Crippen molar-refractivity contribution in [2.24, 2.45) is 5.92 Å². The Morgan fingerprint density at radius 1 is 1.13 bits per heavy atom. The van der Waals surface area contributed by atoms with Crippen LogP contribution in [0.4, 0.5) is 0 Å². The van der Waals surface area contributed by atoms with Crippen molar-refractivity contribution in [3.63, 3.8) is 0 Å². The van der Waals surface area contributed by atoms with Gasteiger partial charge in [-0.2, -0.15) is 0 Å². The summed E-state index contributed by atoms with van der Waals surface area (Å²) in [7, 11) is -1.54. The summed E-state index contributed by atoms with van der Waals surface area (Å²) in [6.07, 6.45) is 1.67. The van der Waals surface area contributed by atoms with Crippen LogP contribution >= 0.6 is 0 Å². The minimum Gasteiger partial charge on any atom is -0.413 e. The molecule has 0 radical (unpaired) electrons. The van der Waals surface area contributed by atoms with Crippen LogP contribution in [-0.2, 0) is 9.22 Å². The van der Waals surface area contributed by atoms with Gasteiger partial charge in [-0.05, 0) is 24.1 Å². The number of aldehydes is 1. The lowest BCUT2D eigenvalue weighted by Crippen LogP contribution is -2.41. The van der Waals surface area contributed by atoms with Crippen LogP contribution in [-0.4, -0.2) is 20.7 Å². The Bertz CT molecular complexity index is 168. The molecular weight excluding hydrogens is 204 g/mol. The lowest BCUT2D eigenvalue weighted by atomic mass is 10.1. The van der Waals surface area contributed by atoms with Crippen LogP contribution in [0.3, 0.4) is 0 Å². The van der Waals surface area contributed by atoms with Crippen molar-refractivity contribution >= 4 is 14.6 Å². The molecule has 0 aromatic heterocycles. The molecule has 0 saturated heterocycles. The van der Waals surface area contributed by atoms with Gasteiger partial charge in [-0.3, -0.25) is 0 Å². The molecule has 0 rings (SSSR count). The SMILES string of the molecule is CC[Si](CC)(CC)O[C@H](CC=O)C(C)C. The van der Waals surface area contributed by atoms with Gasteiger partial charge in [0.1, 0.15) is 6.29 Å². The Morgan fingerprint density at radius 3 is 1.87 bits per heavy atom. The third-order valence-corrected chi connectivity index (χ3v) is 8.08. The summed E-state index contributed by atoms with van der Waals surface area (Å²) in [6.45, 7) is 10.9. The van der Waals surface area contributed by atoms with Crippen molar-refractivity contribution in [2.75, 3.05) is 0 Å². The zero-order valence-corrected chi connectivity index (χ0v) is 11.9. The van der Waals surface area contributed by atoms with E-state index in [-0.39, 0.29) is 6.10 Å². The highest BCUT2D eigenvalue weighted by Gasteiger charge is 2.32. The van der Waals surface area contributed by atoms with Crippen LogP contribution in [0, 0.1) is 5.92 Å². The highest BCUT2D eigenvalue weighted by atomic mass is 28.4. The van der Waals surface area contributed by atoms with Gasteiger partial charge in [0.05, 0.1) is 6.10 Å². The van der Waals surface area contributed by atoms with Crippen molar-refractivity contribution in [2.45, 2.75) is 65.3 Å². The van der Waals surface area contributed by atoms with E-state index >= 15 is 0 Å². The standard InChI is InChI=1S/C12H26O2Si/c1-6-15(7-2,8-3)14-12(9-10-13)11(4)5/h10-12H,6-9H2,1-5H3/t12-/m1/s1. The van der Waals surface area contributed by atoms with Crippen LogP contribution in [0.1, 0.15) is 41.0 Å². The highest BCUT2D eigenvalue weighted by molar-refractivity contribution is 6.73. The van der Waals surface area contributed by atoms with E-state index in [9.17, 15) is 4.79 Å². The summed E-state index contributed by atoms with van der Waals surface area (Å²) in [5.41, 5.74) is 0. The van der Waals surface area contributed by atoms with Crippen LogP contribution in [0.2, 0.25) is 18.1 Å². The van der Waals surface area contributed by atoms with Crippen molar-refractivity contribution in [1.29, 1.82) is 0 Å². The molecule has 2 nitrogen and oxygen atoms in total. The number of hydrogen-bond acceptors (Lipinski definition) is 2. The first-order valence-corrected chi connectivity index (χ1v) is 8.69. The largest absolute Gasteiger partial charge is 0.413 e. The molecule has 0 spiro atoms. The van der Waals surface area contributed by atoms with Crippen LogP contribution in [0.15, 0.2) is 0 Å². The molecule has 3 heteroatoms. The molecule has 0 saturated carbocycles. The smallest absolute Gasteiger partial charge is 0.192 e. The maximum Gasteiger partial charge on any atom is 0.192 e. The Kier molecular flexibility index (Phi) is 7.10. The average molecular weight is 230 g/mol. The van der Waals surface area contributed by atoms with Crippen molar-refractivity contribution < 1.29 is 9.22 Å². The fourth-order valence-electron chi connectivity index (χ4n) is 1.87. The maximum atomic E-state index is 10.6. The first kappa shape index (κ1) is 14.8. The first-order chi connectivity index (χ1) is 7.05. The Morgan fingerprint density at radius 2 is 1.60 bits per heavy atom. The summed E-state index contributed by atoms with van der Waals surface area (Å²) in [4.78, 5) is 10.6. The number of carbonyl (C=O) groups excluding carboxylic acids is 1. The molecule has 0 aliphatic rings. The minimum atomic E-state index is -1.54. The Hall–Kier alpha value is -0.153. The molecule has 90 valence electrons. The normalized spacial score (nSPS) is 14.3. The van der Waals surface area contributed by atoms with E-state index in [1.165, 1.54) is 0 Å². The molecule has 0 amide bonds. The number of hydrogen-bond donors (Lipinski definition) is 0. The second-order valence-corrected chi connectivity index (χ2v) is 9.27. The summed E-state index contributed by atoms with van der Waals surface area (Å²) in [5, 5.41) is 0. The van der Waals surface area contributed by atoms with E-state index in [4.69, 9.17) is 4.43 Å². The van der Waals surface area contributed by atoms with E-state index < -0.39 is 8.32 Å². The lowest BCUT2D eigenvalue weighted by molar-refractivity contribution is -0.109. The molecule has 0 heterocycles. The lowest BCUT2D eigenvalue weighted by Gasteiger charge is -2.34. The molecule has 15 heavy (non-hydrogen) atoms. The van der Waals surface area contributed by atoms with Crippen molar-refractivity contribution in [1.82, 2.24) is 0 Å². The Balaban J connectivity index is 4.52. The van der Waals surface area contributed by atoms with Crippen molar-refractivity contribution in [3.05, 3.63) is 0 Å².